The van der Waals surface area contributed by atoms with Crippen LogP contribution in [0.25, 0.3) is 0 Å². The first-order chi connectivity index (χ1) is 6.72. The van der Waals surface area contributed by atoms with Gasteiger partial charge in [-0.2, -0.15) is 0 Å². The van der Waals surface area contributed by atoms with Crippen molar-refractivity contribution in [1.29, 1.82) is 0 Å². The summed E-state index contributed by atoms with van der Waals surface area (Å²) in [7, 11) is 1.93. The number of benzene rings is 1. The molecule has 1 rings (SSSR count). The maximum Gasteiger partial charge on any atom is 0.119 e. The molecular formula is C11H14BrNO. The van der Waals surface area contributed by atoms with E-state index in [-0.39, 0.29) is 0 Å². The Hall–Kier alpha value is -0.800. The van der Waals surface area contributed by atoms with Crippen molar-refractivity contribution in [2.24, 2.45) is 0 Å². The Labute approximate surface area is 93.1 Å². The monoisotopic (exact) mass is 255 g/mol. The average molecular weight is 256 g/mol. The van der Waals surface area contributed by atoms with Crippen LogP contribution in [0.2, 0.25) is 0 Å². The zero-order chi connectivity index (χ0) is 10.4. The number of hydrogen-bond donors (Lipinski definition) is 1. The molecule has 0 fully saturated rings. The van der Waals surface area contributed by atoms with E-state index in [0.717, 1.165) is 16.8 Å². The van der Waals surface area contributed by atoms with Crippen LogP contribution >= 0.6 is 15.9 Å². The third-order valence-corrected chi connectivity index (χ3v) is 1.93. The summed E-state index contributed by atoms with van der Waals surface area (Å²) in [6, 6.07) is 8.01. The van der Waals surface area contributed by atoms with Gasteiger partial charge in [0.15, 0.2) is 0 Å². The zero-order valence-electron chi connectivity index (χ0n) is 8.22. The van der Waals surface area contributed by atoms with Crippen LogP contribution in [0.4, 0.5) is 0 Å². The molecule has 14 heavy (non-hydrogen) atoms. The molecule has 0 bridgehead atoms. The molecule has 0 radical (unpaired) electrons. The van der Waals surface area contributed by atoms with E-state index >= 15 is 0 Å². The van der Waals surface area contributed by atoms with E-state index in [1.165, 1.54) is 5.56 Å². The SMILES string of the molecule is C=C(Br)COc1ccc(CNC)cc1. The molecule has 0 heterocycles. The van der Waals surface area contributed by atoms with Gasteiger partial charge in [0.05, 0.1) is 0 Å². The first-order valence-electron chi connectivity index (χ1n) is 4.42. The quantitative estimate of drug-likeness (QED) is 0.874. The highest BCUT2D eigenvalue weighted by atomic mass is 79.9. The maximum atomic E-state index is 5.43. The molecule has 0 atom stereocenters. The highest BCUT2D eigenvalue weighted by molar-refractivity contribution is 9.11. The van der Waals surface area contributed by atoms with E-state index in [2.05, 4.69) is 27.8 Å². The standard InChI is InChI=1S/C11H14BrNO/c1-9(12)8-14-11-5-3-10(4-6-11)7-13-2/h3-6,13H,1,7-8H2,2H3. The molecule has 0 aliphatic rings. The van der Waals surface area contributed by atoms with Gasteiger partial charge in [0.25, 0.3) is 0 Å². The lowest BCUT2D eigenvalue weighted by Gasteiger charge is -2.05. The number of halogens is 1. The number of ether oxygens (including phenoxy) is 1. The fourth-order valence-electron chi connectivity index (χ4n) is 1.07. The molecule has 1 aromatic rings. The Bertz CT molecular complexity index is 295. The molecule has 1 aromatic carbocycles. The van der Waals surface area contributed by atoms with Gasteiger partial charge in [0, 0.05) is 11.0 Å². The molecule has 0 saturated heterocycles. The van der Waals surface area contributed by atoms with Gasteiger partial charge in [0.1, 0.15) is 12.4 Å². The summed E-state index contributed by atoms with van der Waals surface area (Å²) in [5.74, 6) is 0.866. The lowest BCUT2D eigenvalue weighted by atomic mass is 10.2. The van der Waals surface area contributed by atoms with Crippen molar-refractivity contribution in [3.8, 4) is 5.75 Å². The molecule has 0 saturated carbocycles. The molecule has 0 spiro atoms. The fourth-order valence-corrected chi connectivity index (χ4v) is 1.18. The van der Waals surface area contributed by atoms with Crippen molar-refractivity contribution in [2.75, 3.05) is 13.7 Å². The minimum atomic E-state index is 0.505. The summed E-state index contributed by atoms with van der Waals surface area (Å²) >= 11 is 3.24. The largest absolute Gasteiger partial charge is 0.488 e. The Balaban J connectivity index is 2.50. The topological polar surface area (TPSA) is 21.3 Å². The zero-order valence-corrected chi connectivity index (χ0v) is 9.80. The molecule has 0 unspecified atom stereocenters. The van der Waals surface area contributed by atoms with Crippen molar-refractivity contribution >= 4 is 15.9 Å². The molecule has 3 heteroatoms. The predicted molar refractivity (Wildman–Crippen MR) is 62.8 cm³/mol. The van der Waals surface area contributed by atoms with Crippen molar-refractivity contribution in [3.05, 3.63) is 40.9 Å². The van der Waals surface area contributed by atoms with E-state index in [4.69, 9.17) is 4.74 Å². The van der Waals surface area contributed by atoms with E-state index in [1.54, 1.807) is 0 Å². The van der Waals surface area contributed by atoms with Gasteiger partial charge in [-0.15, -0.1) is 0 Å². The second kappa shape index (κ2) is 5.83. The summed E-state index contributed by atoms with van der Waals surface area (Å²) in [5.41, 5.74) is 1.25. The highest BCUT2D eigenvalue weighted by Crippen LogP contribution is 2.13. The smallest absolute Gasteiger partial charge is 0.119 e. The molecule has 76 valence electrons. The van der Waals surface area contributed by atoms with E-state index < -0.39 is 0 Å². The number of hydrogen-bond acceptors (Lipinski definition) is 2. The minimum absolute atomic E-state index is 0.505. The van der Waals surface area contributed by atoms with Gasteiger partial charge < -0.3 is 10.1 Å². The van der Waals surface area contributed by atoms with Crippen LogP contribution in [-0.2, 0) is 6.54 Å². The fraction of sp³-hybridized carbons (Fsp3) is 0.273. The van der Waals surface area contributed by atoms with Gasteiger partial charge in [-0.1, -0.05) is 34.6 Å². The summed E-state index contributed by atoms with van der Waals surface area (Å²) in [6.45, 7) is 5.08. The second-order valence-electron chi connectivity index (χ2n) is 2.98. The molecule has 0 aromatic heterocycles. The third-order valence-electron chi connectivity index (χ3n) is 1.70. The van der Waals surface area contributed by atoms with Crippen LogP contribution in [0.5, 0.6) is 5.75 Å². The van der Waals surface area contributed by atoms with Crippen LogP contribution in [-0.4, -0.2) is 13.7 Å². The summed E-state index contributed by atoms with van der Waals surface area (Å²) in [5, 5.41) is 3.09. The Morgan fingerprint density at radius 1 is 1.43 bits per heavy atom. The summed E-state index contributed by atoms with van der Waals surface area (Å²) in [6.07, 6.45) is 0. The van der Waals surface area contributed by atoms with Crippen molar-refractivity contribution < 1.29 is 4.74 Å². The van der Waals surface area contributed by atoms with Crippen molar-refractivity contribution in [3.63, 3.8) is 0 Å². The van der Waals surface area contributed by atoms with Crippen molar-refractivity contribution in [1.82, 2.24) is 5.32 Å². The summed E-state index contributed by atoms with van der Waals surface area (Å²) in [4.78, 5) is 0. The van der Waals surface area contributed by atoms with E-state index in [9.17, 15) is 0 Å². The van der Waals surface area contributed by atoms with Gasteiger partial charge in [-0.25, -0.2) is 0 Å². The minimum Gasteiger partial charge on any atom is -0.488 e. The first-order valence-corrected chi connectivity index (χ1v) is 5.21. The molecular weight excluding hydrogens is 242 g/mol. The van der Waals surface area contributed by atoms with E-state index in [0.29, 0.717) is 6.61 Å². The maximum absolute atomic E-state index is 5.43. The molecule has 0 aliphatic heterocycles. The number of nitrogens with one attached hydrogen (secondary N) is 1. The van der Waals surface area contributed by atoms with Gasteiger partial charge in [-0.3, -0.25) is 0 Å². The molecule has 0 amide bonds. The van der Waals surface area contributed by atoms with Crippen molar-refractivity contribution in [2.45, 2.75) is 6.54 Å². The third kappa shape index (κ3) is 3.94. The Morgan fingerprint density at radius 2 is 2.07 bits per heavy atom. The Kier molecular flexibility index (Phi) is 4.70. The highest BCUT2D eigenvalue weighted by Gasteiger charge is 1.95. The van der Waals surface area contributed by atoms with Gasteiger partial charge in [-0.05, 0) is 24.7 Å². The molecule has 1 N–H and O–H groups in total. The Morgan fingerprint density at radius 3 is 2.57 bits per heavy atom. The van der Waals surface area contributed by atoms with E-state index in [1.807, 2.05) is 31.3 Å². The van der Waals surface area contributed by atoms with Crippen LogP contribution in [0.3, 0.4) is 0 Å². The second-order valence-corrected chi connectivity index (χ2v) is 4.10. The lowest BCUT2D eigenvalue weighted by molar-refractivity contribution is 0.361. The first kappa shape index (κ1) is 11.3. The normalized spacial score (nSPS) is 9.86. The summed E-state index contributed by atoms with van der Waals surface area (Å²) < 4.78 is 6.28. The van der Waals surface area contributed by atoms with Crippen LogP contribution in [0.1, 0.15) is 5.56 Å². The van der Waals surface area contributed by atoms with Crippen LogP contribution in [0, 0.1) is 0 Å². The van der Waals surface area contributed by atoms with Crippen LogP contribution in [0.15, 0.2) is 35.3 Å². The average Bonchev–Trinajstić information content (AvgIpc) is 2.17. The molecule has 0 aliphatic carbocycles. The van der Waals surface area contributed by atoms with Gasteiger partial charge >= 0.3 is 0 Å². The number of rotatable bonds is 5. The van der Waals surface area contributed by atoms with Gasteiger partial charge in [0.2, 0.25) is 0 Å². The van der Waals surface area contributed by atoms with Crippen LogP contribution < -0.4 is 10.1 Å². The molecule has 2 nitrogen and oxygen atoms in total. The lowest BCUT2D eigenvalue weighted by Crippen LogP contribution is -2.04. The predicted octanol–water partition coefficient (Wildman–Crippen LogP) is 2.69.